The monoisotopic (exact) mass is 450 g/mol. The summed E-state index contributed by atoms with van der Waals surface area (Å²) in [6.07, 6.45) is 3.39. The molecule has 30 heavy (non-hydrogen) atoms. The molecule has 0 spiro atoms. The molecule has 148 valence electrons. The van der Waals surface area contributed by atoms with E-state index in [9.17, 15) is 8.42 Å². The van der Waals surface area contributed by atoms with Gasteiger partial charge in [0.2, 0.25) is 0 Å². The average molecular weight is 451 g/mol. The summed E-state index contributed by atoms with van der Waals surface area (Å²) < 4.78 is 29.2. The van der Waals surface area contributed by atoms with Crippen molar-refractivity contribution in [2.24, 2.45) is 0 Å². The van der Waals surface area contributed by atoms with Crippen LogP contribution in [0.3, 0.4) is 0 Å². The number of hydrogen-bond acceptors (Lipinski definition) is 7. The zero-order valence-corrected chi connectivity index (χ0v) is 18.0. The molecule has 0 N–H and O–H groups in total. The van der Waals surface area contributed by atoms with Gasteiger partial charge in [0, 0.05) is 29.0 Å². The van der Waals surface area contributed by atoms with Crippen LogP contribution in [0.4, 0.5) is 5.69 Å². The summed E-state index contributed by atoms with van der Waals surface area (Å²) in [4.78, 5) is 9.74. The highest BCUT2D eigenvalue weighted by atomic mass is 32.2. The number of anilines is 1. The van der Waals surface area contributed by atoms with Crippen molar-refractivity contribution >= 4 is 49.0 Å². The summed E-state index contributed by atoms with van der Waals surface area (Å²) in [6, 6.07) is 14.0. The first-order chi connectivity index (χ1) is 14.6. The van der Waals surface area contributed by atoms with E-state index in [0.717, 1.165) is 26.2 Å². The van der Waals surface area contributed by atoms with Crippen LogP contribution >= 0.6 is 23.1 Å². The number of sulfonamides is 1. The van der Waals surface area contributed by atoms with Gasteiger partial charge in [0.25, 0.3) is 10.0 Å². The van der Waals surface area contributed by atoms with Crippen molar-refractivity contribution in [1.29, 1.82) is 5.26 Å². The molecule has 0 atom stereocenters. The van der Waals surface area contributed by atoms with Gasteiger partial charge < -0.3 is 0 Å². The maximum Gasteiger partial charge on any atom is 0.264 e. The lowest BCUT2D eigenvalue weighted by molar-refractivity contribution is 0.591. The molecule has 9 heteroatoms. The fourth-order valence-corrected chi connectivity index (χ4v) is 6.89. The molecule has 2 aromatic heterocycles. The highest BCUT2D eigenvalue weighted by molar-refractivity contribution is 8.00. The van der Waals surface area contributed by atoms with E-state index < -0.39 is 10.0 Å². The molecule has 0 radical (unpaired) electrons. The molecule has 5 rings (SSSR count). The van der Waals surface area contributed by atoms with E-state index in [1.165, 1.54) is 28.6 Å². The molecule has 0 saturated heterocycles. The maximum absolute atomic E-state index is 13.3. The Morgan fingerprint density at radius 2 is 1.93 bits per heavy atom. The fourth-order valence-electron chi connectivity index (χ4n) is 3.42. The first kappa shape index (κ1) is 19.1. The maximum atomic E-state index is 13.3. The lowest BCUT2D eigenvalue weighted by Crippen LogP contribution is -2.35. The van der Waals surface area contributed by atoms with E-state index in [2.05, 4.69) is 16.0 Å². The molecule has 1 aliphatic heterocycles. The van der Waals surface area contributed by atoms with Gasteiger partial charge in [-0.25, -0.2) is 13.4 Å². The molecule has 0 saturated carbocycles. The molecule has 0 fully saturated rings. The van der Waals surface area contributed by atoms with Gasteiger partial charge in [0.15, 0.2) is 0 Å². The number of benzene rings is 2. The van der Waals surface area contributed by atoms with Gasteiger partial charge in [-0.05, 0) is 42.0 Å². The minimum Gasteiger partial charge on any atom is -0.263 e. The Kier molecular flexibility index (Phi) is 4.70. The standard InChI is InChI=1S/C21H14N4O2S3/c22-10-14-1-4-16(5-2-14)30(26,27)25-7-8-28-21-17(11-23-12-19(21)25)15-3-6-18-20(9-15)29-13-24-18/h1-6,9,11-13H,7-8H2. The van der Waals surface area contributed by atoms with Crippen LogP contribution in [0.5, 0.6) is 0 Å². The molecule has 6 nitrogen and oxygen atoms in total. The van der Waals surface area contributed by atoms with Gasteiger partial charge in [-0.1, -0.05) is 6.07 Å². The third-order valence-corrected chi connectivity index (χ3v) is 8.62. The Morgan fingerprint density at radius 1 is 1.10 bits per heavy atom. The summed E-state index contributed by atoms with van der Waals surface area (Å²) >= 11 is 3.21. The number of rotatable bonds is 3. The Hall–Kier alpha value is -2.93. The number of thiazole rings is 1. The Labute approximate surface area is 181 Å². The SMILES string of the molecule is N#Cc1ccc(S(=O)(=O)N2CCSc3c(-c4ccc5ncsc5c4)cncc32)cc1. The van der Waals surface area contributed by atoms with Gasteiger partial charge in [-0.3, -0.25) is 9.29 Å². The van der Waals surface area contributed by atoms with Crippen LogP contribution in [0.25, 0.3) is 21.3 Å². The van der Waals surface area contributed by atoms with Crippen LogP contribution in [0.15, 0.2) is 70.2 Å². The second-order valence-electron chi connectivity index (χ2n) is 6.63. The predicted octanol–water partition coefficient (Wildman–Crippen LogP) is 4.53. The number of nitriles is 1. The predicted molar refractivity (Wildman–Crippen MR) is 119 cm³/mol. The van der Waals surface area contributed by atoms with Crippen LogP contribution in [-0.4, -0.2) is 30.7 Å². The van der Waals surface area contributed by atoms with E-state index in [1.807, 2.05) is 23.7 Å². The number of nitrogens with zero attached hydrogens (tertiary/aromatic N) is 4. The normalized spacial score (nSPS) is 13.8. The summed E-state index contributed by atoms with van der Waals surface area (Å²) in [5.41, 5.74) is 5.66. The van der Waals surface area contributed by atoms with Gasteiger partial charge in [-0.15, -0.1) is 23.1 Å². The van der Waals surface area contributed by atoms with Gasteiger partial charge in [0.1, 0.15) is 0 Å². The second-order valence-corrected chi connectivity index (χ2v) is 10.5. The lowest BCUT2D eigenvalue weighted by Gasteiger charge is -2.30. The first-order valence-corrected chi connectivity index (χ1v) is 12.4. The molecule has 0 amide bonds. The smallest absolute Gasteiger partial charge is 0.263 e. The minimum atomic E-state index is -3.76. The number of aromatic nitrogens is 2. The third kappa shape index (κ3) is 3.13. The van der Waals surface area contributed by atoms with E-state index in [-0.39, 0.29) is 4.90 Å². The van der Waals surface area contributed by atoms with Crippen molar-refractivity contribution in [3.05, 3.63) is 65.9 Å². The Bertz CT molecular complexity index is 1410. The fraction of sp³-hybridized carbons (Fsp3) is 0.0952. The van der Waals surface area contributed by atoms with Crippen molar-refractivity contribution < 1.29 is 8.42 Å². The molecular formula is C21H14N4O2S3. The number of pyridine rings is 1. The largest absolute Gasteiger partial charge is 0.264 e. The van der Waals surface area contributed by atoms with Gasteiger partial charge >= 0.3 is 0 Å². The van der Waals surface area contributed by atoms with Crippen LogP contribution < -0.4 is 4.31 Å². The minimum absolute atomic E-state index is 0.163. The molecule has 4 aromatic rings. The van der Waals surface area contributed by atoms with Crippen molar-refractivity contribution in [3.8, 4) is 17.2 Å². The summed E-state index contributed by atoms with van der Waals surface area (Å²) in [5, 5.41) is 8.98. The van der Waals surface area contributed by atoms with Crippen LogP contribution in [0, 0.1) is 11.3 Å². The van der Waals surface area contributed by atoms with Gasteiger partial charge in [-0.2, -0.15) is 5.26 Å². The molecule has 0 bridgehead atoms. The van der Waals surface area contributed by atoms with E-state index >= 15 is 0 Å². The number of hydrogen-bond donors (Lipinski definition) is 0. The van der Waals surface area contributed by atoms with E-state index in [0.29, 0.717) is 23.5 Å². The quantitative estimate of drug-likeness (QED) is 0.456. The lowest BCUT2D eigenvalue weighted by atomic mass is 10.1. The zero-order chi connectivity index (χ0) is 20.7. The summed E-state index contributed by atoms with van der Waals surface area (Å²) in [7, 11) is -3.76. The van der Waals surface area contributed by atoms with Crippen molar-refractivity contribution in [2.75, 3.05) is 16.6 Å². The Morgan fingerprint density at radius 3 is 2.73 bits per heavy atom. The number of fused-ring (bicyclic) bond motifs is 2. The summed E-state index contributed by atoms with van der Waals surface area (Å²) in [5.74, 6) is 0.641. The molecular weight excluding hydrogens is 436 g/mol. The highest BCUT2D eigenvalue weighted by Gasteiger charge is 2.31. The van der Waals surface area contributed by atoms with Crippen LogP contribution in [0.1, 0.15) is 5.56 Å². The first-order valence-electron chi connectivity index (χ1n) is 9.05. The molecule has 0 unspecified atom stereocenters. The van der Waals surface area contributed by atoms with Crippen molar-refractivity contribution in [2.45, 2.75) is 9.79 Å². The van der Waals surface area contributed by atoms with E-state index in [1.54, 1.807) is 35.5 Å². The average Bonchev–Trinajstić information content (AvgIpc) is 3.26. The Balaban J connectivity index is 1.61. The number of thioether (sulfide) groups is 1. The van der Waals surface area contributed by atoms with Crippen molar-refractivity contribution in [3.63, 3.8) is 0 Å². The van der Waals surface area contributed by atoms with Crippen molar-refractivity contribution in [1.82, 2.24) is 9.97 Å². The second kappa shape index (κ2) is 7.40. The topological polar surface area (TPSA) is 87.0 Å². The molecule has 2 aromatic carbocycles. The zero-order valence-electron chi connectivity index (χ0n) is 15.5. The van der Waals surface area contributed by atoms with Crippen LogP contribution in [-0.2, 0) is 10.0 Å². The van der Waals surface area contributed by atoms with E-state index in [4.69, 9.17) is 5.26 Å². The third-order valence-electron chi connectivity index (χ3n) is 4.90. The highest BCUT2D eigenvalue weighted by Crippen LogP contribution is 2.43. The van der Waals surface area contributed by atoms with Crippen LogP contribution in [0.2, 0.25) is 0 Å². The molecule has 0 aliphatic carbocycles. The molecule has 1 aliphatic rings. The molecule has 3 heterocycles. The summed E-state index contributed by atoms with van der Waals surface area (Å²) in [6.45, 7) is 0.360. The van der Waals surface area contributed by atoms with Gasteiger partial charge in [0.05, 0.1) is 44.1 Å².